The van der Waals surface area contributed by atoms with Crippen molar-refractivity contribution in [2.24, 2.45) is 5.73 Å². The Kier molecular flexibility index (Phi) is 4.66. The lowest BCUT2D eigenvalue weighted by molar-refractivity contribution is -0.117. The van der Waals surface area contributed by atoms with Crippen LogP contribution >= 0.6 is 22.9 Å². The lowest BCUT2D eigenvalue weighted by Gasteiger charge is -2.13. The van der Waals surface area contributed by atoms with E-state index in [1.165, 1.54) is 11.3 Å². The van der Waals surface area contributed by atoms with E-state index in [9.17, 15) is 4.79 Å². The Labute approximate surface area is 161 Å². The number of primary amides is 1. The minimum atomic E-state index is -0.322. The van der Waals surface area contributed by atoms with Gasteiger partial charge in [-0.1, -0.05) is 23.7 Å². The number of benzene rings is 1. The Bertz CT molecular complexity index is 966. The van der Waals surface area contributed by atoms with E-state index < -0.39 is 0 Å². The van der Waals surface area contributed by atoms with Crippen molar-refractivity contribution in [1.82, 2.24) is 4.98 Å². The molecular formula is C20H18ClN3OS. The topological polar surface area (TPSA) is 68.0 Å². The zero-order valence-corrected chi connectivity index (χ0v) is 15.7. The van der Waals surface area contributed by atoms with Gasteiger partial charge >= 0.3 is 0 Å². The largest absolute Gasteiger partial charge is 0.369 e. The van der Waals surface area contributed by atoms with Crippen LogP contribution in [0.4, 0.5) is 11.4 Å². The number of carbonyl (C=O) groups is 1. The SMILES string of the molecule is NC(=O)Cc1ccc(Nc2cc(-c3ccc(Cl)s3)nc3c2CCC3)cc1. The van der Waals surface area contributed by atoms with Gasteiger partial charge in [0.1, 0.15) is 0 Å². The molecule has 1 amide bonds. The second-order valence-corrected chi connectivity index (χ2v) is 8.12. The standard InChI is InChI=1S/C20H18ClN3OS/c21-19-9-8-18(26-19)17-11-16(14-2-1-3-15(14)24-17)23-13-6-4-12(5-7-13)10-20(22)25/h4-9,11H,1-3,10H2,(H2,22,25)(H,23,24). The summed E-state index contributed by atoms with van der Waals surface area (Å²) in [5.74, 6) is -0.322. The van der Waals surface area contributed by atoms with Gasteiger partial charge in [-0.25, -0.2) is 0 Å². The fourth-order valence-electron chi connectivity index (χ4n) is 3.30. The van der Waals surface area contributed by atoms with Crippen molar-refractivity contribution >= 4 is 40.2 Å². The second-order valence-electron chi connectivity index (χ2n) is 6.40. The molecule has 3 N–H and O–H groups in total. The van der Waals surface area contributed by atoms with Crippen LogP contribution in [-0.2, 0) is 24.1 Å². The third kappa shape index (κ3) is 3.59. The van der Waals surface area contributed by atoms with Crippen LogP contribution in [0.2, 0.25) is 4.34 Å². The number of aromatic nitrogens is 1. The Hall–Kier alpha value is -2.37. The molecule has 2 aromatic heterocycles. The molecule has 6 heteroatoms. The Morgan fingerprint density at radius 1 is 1.19 bits per heavy atom. The van der Waals surface area contributed by atoms with E-state index in [2.05, 4.69) is 11.4 Å². The number of hydrogen-bond donors (Lipinski definition) is 2. The molecule has 132 valence electrons. The second kappa shape index (κ2) is 7.09. The van der Waals surface area contributed by atoms with Crippen molar-refractivity contribution in [2.75, 3.05) is 5.32 Å². The van der Waals surface area contributed by atoms with Crippen LogP contribution in [0.3, 0.4) is 0 Å². The van der Waals surface area contributed by atoms with Crippen molar-refractivity contribution < 1.29 is 4.79 Å². The first-order valence-electron chi connectivity index (χ1n) is 8.51. The summed E-state index contributed by atoms with van der Waals surface area (Å²) in [6.45, 7) is 0. The monoisotopic (exact) mass is 383 g/mol. The van der Waals surface area contributed by atoms with E-state index >= 15 is 0 Å². The number of fused-ring (bicyclic) bond motifs is 1. The van der Waals surface area contributed by atoms with Gasteiger partial charge in [-0.15, -0.1) is 11.3 Å². The molecule has 3 aromatic rings. The summed E-state index contributed by atoms with van der Waals surface area (Å²) >= 11 is 7.63. The summed E-state index contributed by atoms with van der Waals surface area (Å²) in [5, 5.41) is 3.52. The Morgan fingerprint density at radius 3 is 2.69 bits per heavy atom. The highest BCUT2D eigenvalue weighted by Gasteiger charge is 2.19. The molecule has 0 fully saturated rings. The van der Waals surface area contributed by atoms with Gasteiger partial charge in [-0.3, -0.25) is 9.78 Å². The molecule has 4 rings (SSSR count). The van der Waals surface area contributed by atoms with Crippen LogP contribution in [0.5, 0.6) is 0 Å². The van der Waals surface area contributed by atoms with E-state index in [4.69, 9.17) is 22.3 Å². The number of thiophene rings is 1. The molecule has 1 aliphatic rings. The van der Waals surface area contributed by atoms with E-state index in [1.54, 1.807) is 11.3 Å². The zero-order valence-electron chi connectivity index (χ0n) is 14.1. The molecule has 0 radical (unpaired) electrons. The van der Waals surface area contributed by atoms with Crippen LogP contribution in [0, 0.1) is 0 Å². The molecule has 0 saturated carbocycles. The van der Waals surface area contributed by atoms with Crippen molar-refractivity contribution in [3.8, 4) is 10.6 Å². The van der Waals surface area contributed by atoms with Gasteiger partial charge < -0.3 is 11.1 Å². The van der Waals surface area contributed by atoms with Gasteiger partial charge in [0.2, 0.25) is 5.91 Å². The normalized spacial score (nSPS) is 12.8. The van der Waals surface area contributed by atoms with Gasteiger partial charge in [0, 0.05) is 17.1 Å². The average Bonchev–Trinajstić information content (AvgIpc) is 3.25. The van der Waals surface area contributed by atoms with Crippen molar-refractivity contribution in [3.05, 3.63) is 63.6 Å². The van der Waals surface area contributed by atoms with E-state index in [-0.39, 0.29) is 12.3 Å². The number of anilines is 2. The van der Waals surface area contributed by atoms with E-state index in [1.807, 2.05) is 36.4 Å². The first kappa shape index (κ1) is 17.1. The summed E-state index contributed by atoms with van der Waals surface area (Å²) in [6, 6.07) is 13.8. The number of nitrogens with two attached hydrogens (primary N) is 1. The molecule has 4 nitrogen and oxygen atoms in total. The molecule has 0 aliphatic heterocycles. The van der Waals surface area contributed by atoms with Gasteiger partial charge in [0.05, 0.1) is 21.3 Å². The maximum atomic E-state index is 11.0. The molecule has 2 heterocycles. The van der Waals surface area contributed by atoms with Crippen LogP contribution in [-0.4, -0.2) is 10.9 Å². The average molecular weight is 384 g/mol. The fourth-order valence-corrected chi connectivity index (χ4v) is 4.30. The highest BCUT2D eigenvalue weighted by atomic mass is 35.5. The van der Waals surface area contributed by atoms with Crippen LogP contribution in [0.25, 0.3) is 10.6 Å². The number of pyridine rings is 1. The number of hydrogen-bond acceptors (Lipinski definition) is 4. The lowest BCUT2D eigenvalue weighted by Crippen LogP contribution is -2.13. The van der Waals surface area contributed by atoms with Gasteiger partial charge in [0.15, 0.2) is 0 Å². The van der Waals surface area contributed by atoms with Crippen LogP contribution in [0.1, 0.15) is 23.2 Å². The van der Waals surface area contributed by atoms with Crippen molar-refractivity contribution in [2.45, 2.75) is 25.7 Å². The molecule has 0 bridgehead atoms. The maximum Gasteiger partial charge on any atom is 0.221 e. The summed E-state index contributed by atoms with van der Waals surface area (Å²) in [7, 11) is 0. The van der Waals surface area contributed by atoms with Gasteiger partial charge in [0.25, 0.3) is 0 Å². The van der Waals surface area contributed by atoms with E-state index in [0.717, 1.165) is 51.1 Å². The molecular weight excluding hydrogens is 366 g/mol. The molecule has 0 unspecified atom stereocenters. The number of amides is 1. The van der Waals surface area contributed by atoms with Crippen LogP contribution < -0.4 is 11.1 Å². The summed E-state index contributed by atoms with van der Waals surface area (Å²) in [6.07, 6.45) is 3.43. The maximum absolute atomic E-state index is 11.0. The number of nitrogens with one attached hydrogen (secondary N) is 1. The summed E-state index contributed by atoms with van der Waals surface area (Å²) in [4.78, 5) is 17.0. The molecule has 0 atom stereocenters. The van der Waals surface area contributed by atoms with Crippen molar-refractivity contribution in [3.63, 3.8) is 0 Å². The minimum Gasteiger partial charge on any atom is -0.369 e. The van der Waals surface area contributed by atoms with Gasteiger partial charge in [-0.05, 0) is 60.7 Å². The molecule has 0 spiro atoms. The van der Waals surface area contributed by atoms with Crippen LogP contribution in [0.15, 0.2) is 42.5 Å². The molecule has 26 heavy (non-hydrogen) atoms. The first-order valence-corrected chi connectivity index (χ1v) is 9.71. The van der Waals surface area contributed by atoms with Crippen molar-refractivity contribution in [1.29, 1.82) is 0 Å². The van der Waals surface area contributed by atoms with Gasteiger partial charge in [-0.2, -0.15) is 0 Å². The highest BCUT2D eigenvalue weighted by molar-refractivity contribution is 7.19. The lowest BCUT2D eigenvalue weighted by atomic mass is 10.1. The first-order chi connectivity index (χ1) is 12.6. The van der Waals surface area contributed by atoms with E-state index in [0.29, 0.717) is 0 Å². The number of aryl methyl sites for hydroxylation is 1. The smallest absolute Gasteiger partial charge is 0.221 e. The third-order valence-corrected chi connectivity index (χ3v) is 5.74. The highest BCUT2D eigenvalue weighted by Crippen LogP contribution is 2.36. The number of halogens is 1. The number of carbonyl (C=O) groups excluding carboxylic acids is 1. The minimum absolute atomic E-state index is 0.258. The quantitative estimate of drug-likeness (QED) is 0.669. The zero-order chi connectivity index (χ0) is 18.1. The molecule has 1 aromatic carbocycles. The third-order valence-electron chi connectivity index (χ3n) is 4.49. The number of nitrogens with zero attached hydrogens (tertiary/aromatic N) is 1. The summed E-state index contributed by atoms with van der Waals surface area (Å²) < 4.78 is 0.766. The Morgan fingerprint density at radius 2 is 2.00 bits per heavy atom. The Balaban J connectivity index is 1.65. The predicted molar refractivity (Wildman–Crippen MR) is 107 cm³/mol. The summed E-state index contributed by atoms with van der Waals surface area (Å²) in [5.41, 5.74) is 11.6. The number of rotatable bonds is 5. The predicted octanol–water partition coefficient (Wildman–Crippen LogP) is 4.72. The molecule has 0 saturated heterocycles. The fraction of sp³-hybridized carbons (Fsp3) is 0.200. The molecule has 1 aliphatic carbocycles.